The molecule has 0 amide bonds. The van der Waals surface area contributed by atoms with Crippen molar-refractivity contribution in [3.63, 3.8) is 0 Å². The number of thiophene rings is 1. The van der Waals surface area contributed by atoms with Crippen LogP contribution in [-0.2, 0) is 4.79 Å². The first kappa shape index (κ1) is 24.8. The van der Waals surface area contributed by atoms with E-state index in [4.69, 9.17) is 0 Å². The molecule has 1 aliphatic heterocycles. The number of nitrogens with one attached hydrogen (secondary N) is 2. The Morgan fingerprint density at radius 2 is 1.86 bits per heavy atom. The number of aromatic amines is 1. The number of carbonyl (C=O) groups excluding carboxylic acids is 1. The van der Waals surface area contributed by atoms with Gasteiger partial charge < -0.3 is 10.3 Å². The molecule has 1 unspecified atom stereocenters. The van der Waals surface area contributed by atoms with Crippen molar-refractivity contribution in [3.05, 3.63) is 39.7 Å². The van der Waals surface area contributed by atoms with Crippen molar-refractivity contribution in [2.75, 3.05) is 13.1 Å². The van der Waals surface area contributed by atoms with Crippen molar-refractivity contribution >= 4 is 33.0 Å². The maximum Gasteiger partial charge on any atom is 0.158 e. The summed E-state index contributed by atoms with van der Waals surface area (Å²) in [6.45, 7) is 13.3. The first-order valence-electron chi connectivity index (χ1n) is 14.0. The van der Waals surface area contributed by atoms with Crippen molar-refractivity contribution < 1.29 is 4.79 Å². The average Bonchev–Trinajstić information content (AvgIpc) is 3.50. The lowest BCUT2D eigenvalue weighted by Gasteiger charge is -2.36. The molecular formula is C30H39N5OS. The second-order valence-electron chi connectivity index (χ2n) is 11.7. The van der Waals surface area contributed by atoms with E-state index in [2.05, 4.69) is 61.2 Å². The molecular weight excluding hydrogens is 478 g/mol. The summed E-state index contributed by atoms with van der Waals surface area (Å²) in [5.74, 6) is 1.97. The van der Waals surface area contributed by atoms with Gasteiger partial charge in [0.25, 0.3) is 0 Å². The van der Waals surface area contributed by atoms with E-state index in [1.807, 2.05) is 15.9 Å². The number of rotatable bonds is 5. The highest BCUT2D eigenvalue weighted by Crippen LogP contribution is 2.51. The number of fused-ring (bicyclic) bond motifs is 2. The zero-order chi connectivity index (χ0) is 25.8. The number of nitrogens with zero attached hydrogens (tertiary/aromatic N) is 3. The fraction of sp³-hybridized carbons (Fsp3) is 0.567. The molecule has 37 heavy (non-hydrogen) atoms. The Morgan fingerprint density at radius 3 is 2.65 bits per heavy atom. The van der Waals surface area contributed by atoms with E-state index in [0.717, 1.165) is 44.4 Å². The van der Waals surface area contributed by atoms with E-state index in [1.54, 1.807) is 6.33 Å². The number of H-pyrrole nitrogens is 1. The largest absolute Gasteiger partial charge is 0.346 e. The van der Waals surface area contributed by atoms with Gasteiger partial charge in [-0.25, -0.2) is 9.50 Å². The Kier molecular flexibility index (Phi) is 6.48. The zero-order valence-corrected chi connectivity index (χ0v) is 23.6. The topological polar surface area (TPSA) is 75.1 Å². The maximum absolute atomic E-state index is 13.3. The molecule has 0 aromatic carbocycles. The Balaban J connectivity index is 1.29. The van der Waals surface area contributed by atoms with Gasteiger partial charge in [0.2, 0.25) is 0 Å². The van der Waals surface area contributed by atoms with E-state index in [9.17, 15) is 4.79 Å². The monoisotopic (exact) mass is 517 g/mol. The molecule has 2 N–H and O–H groups in total. The molecule has 2 aliphatic rings. The Bertz CT molecular complexity index is 1460. The van der Waals surface area contributed by atoms with Crippen LogP contribution < -0.4 is 5.32 Å². The summed E-state index contributed by atoms with van der Waals surface area (Å²) in [6, 6.07) is 0. The van der Waals surface area contributed by atoms with Gasteiger partial charge in [0.05, 0.1) is 5.69 Å². The molecule has 1 atom stereocenters. The molecule has 5 heterocycles. The highest BCUT2D eigenvalue weighted by molar-refractivity contribution is 7.19. The van der Waals surface area contributed by atoms with Crippen LogP contribution in [0.25, 0.3) is 27.1 Å². The van der Waals surface area contributed by atoms with Crippen LogP contribution >= 0.6 is 11.3 Å². The van der Waals surface area contributed by atoms with E-state index in [1.165, 1.54) is 61.4 Å². The fourth-order valence-corrected chi connectivity index (χ4v) is 8.10. The zero-order valence-electron chi connectivity index (χ0n) is 22.8. The van der Waals surface area contributed by atoms with Gasteiger partial charge in [0.15, 0.2) is 5.65 Å². The Morgan fingerprint density at radius 1 is 1.05 bits per heavy atom. The molecule has 1 saturated carbocycles. The summed E-state index contributed by atoms with van der Waals surface area (Å²) in [6.07, 6.45) is 10.3. The van der Waals surface area contributed by atoms with Crippen molar-refractivity contribution in [1.29, 1.82) is 0 Å². The van der Waals surface area contributed by atoms with Crippen LogP contribution in [0.2, 0.25) is 0 Å². The molecule has 0 bridgehead atoms. The number of Topliss-reactive ketones (excluding diaryl/α,β-unsaturated/α-hetero) is 1. The number of pyridine rings is 1. The van der Waals surface area contributed by atoms with E-state index in [0.29, 0.717) is 17.6 Å². The maximum atomic E-state index is 13.3. The van der Waals surface area contributed by atoms with Gasteiger partial charge in [-0.05, 0) is 100 Å². The van der Waals surface area contributed by atoms with Crippen molar-refractivity contribution in [2.45, 2.75) is 85.0 Å². The van der Waals surface area contributed by atoms with Gasteiger partial charge in [-0.2, -0.15) is 5.10 Å². The van der Waals surface area contributed by atoms with Gasteiger partial charge in [-0.1, -0.05) is 20.3 Å². The molecule has 196 valence electrons. The summed E-state index contributed by atoms with van der Waals surface area (Å²) in [7, 11) is 0. The molecule has 0 radical (unpaired) electrons. The molecule has 6 rings (SSSR count). The highest BCUT2D eigenvalue weighted by atomic mass is 32.1. The van der Waals surface area contributed by atoms with Crippen molar-refractivity contribution in [1.82, 2.24) is 24.9 Å². The van der Waals surface area contributed by atoms with Crippen molar-refractivity contribution in [3.8, 4) is 11.3 Å². The van der Waals surface area contributed by atoms with E-state index >= 15 is 0 Å². The third-order valence-electron chi connectivity index (χ3n) is 9.07. The van der Waals surface area contributed by atoms with Gasteiger partial charge in [-0.15, -0.1) is 11.3 Å². The van der Waals surface area contributed by atoms with Crippen LogP contribution in [-0.4, -0.2) is 38.5 Å². The highest BCUT2D eigenvalue weighted by Gasteiger charge is 2.40. The standard InChI is InChI=1S/C30H39N5OS/c1-16(2)24-25-19(5)28(22-12-21(13-22)27(36)20-8-6-7-10-31-11-9-20)37-30(25)34-26(24)23-14-35-29(32-15-33-35)18(4)17(23)3/h14-16,20-22,31,34H,6-13H2,1-5H3. The lowest BCUT2D eigenvalue weighted by molar-refractivity contribution is -0.130. The number of ketones is 1. The van der Waals surface area contributed by atoms with E-state index in [-0.39, 0.29) is 11.8 Å². The number of aromatic nitrogens is 4. The summed E-state index contributed by atoms with van der Waals surface area (Å²) >= 11 is 1.91. The molecule has 1 saturated heterocycles. The van der Waals surface area contributed by atoms with Crippen LogP contribution in [0.15, 0.2) is 12.5 Å². The quantitative estimate of drug-likeness (QED) is 0.304. The molecule has 0 spiro atoms. The van der Waals surface area contributed by atoms with Crippen LogP contribution in [0.3, 0.4) is 0 Å². The van der Waals surface area contributed by atoms with Crippen LogP contribution in [0.5, 0.6) is 0 Å². The Labute approximate surface area is 223 Å². The molecule has 6 nitrogen and oxygen atoms in total. The molecule has 1 aliphatic carbocycles. The fourth-order valence-electron chi connectivity index (χ4n) is 6.75. The van der Waals surface area contributed by atoms with Gasteiger partial charge in [0, 0.05) is 33.9 Å². The Hall–Kier alpha value is -2.51. The van der Waals surface area contributed by atoms with Gasteiger partial charge in [0.1, 0.15) is 16.9 Å². The summed E-state index contributed by atoms with van der Waals surface area (Å²) < 4.78 is 1.90. The second-order valence-corrected chi connectivity index (χ2v) is 12.7. The number of carbonyl (C=O) groups is 1. The molecule has 4 aromatic heterocycles. The normalized spacial score (nSPS) is 22.9. The summed E-state index contributed by atoms with van der Waals surface area (Å²) in [4.78, 5) is 24.3. The van der Waals surface area contributed by atoms with Gasteiger partial charge >= 0.3 is 0 Å². The first-order chi connectivity index (χ1) is 17.8. The minimum Gasteiger partial charge on any atom is -0.346 e. The average molecular weight is 518 g/mol. The van der Waals surface area contributed by atoms with Crippen LogP contribution in [0.4, 0.5) is 0 Å². The predicted molar refractivity (Wildman–Crippen MR) is 152 cm³/mol. The second kappa shape index (κ2) is 9.66. The predicted octanol–water partition coefficient (Wildman–Crippen LogP) is 6.83. The minimum atomic E-state index is 0.259. The summed E-state index contributed by atoms with van der Waals surface area (Å²) in [5.41, 5.74) is 8.56. The molecule has 2 fully saturated rings. The number of aryl methyl sites for hydroxylation is 2. The third kappa shape index (κ3) is 4.15. The van der Waals surface area contributed by atoms with Crippen LogP contribution in [0, 0.1) is 32.6 Å². The third-order valence-corrected chi connectivity index (χ3v) is 10.4. The number of hydrogen-bond donors (Lipinski definition) is 2. The first-order valence-corrected chi connectivity index (χ1v) is 14.9. The SMILES string of the molecule is Cc1c(-c2[nH]c3sc(C4CC(C(=O)C5CCCCNCC5)C4)c(C)c3c2C(C)C)cn2ncnc2c1C. The molecule has 4 aromatic rings. The minimum absolute atomic E-state index is 0.259. The van der Waals surface area contributed by atoms with Gasteiger partial charge in [-0.3, -0.25) is 4.79 Å². The van der Waals surface area contributed by atoms with Crippen molar-refractivity contribution in [2.24, 2.45) is 11.8 Å². The summed E-state index contributed by atoms with van der Waals surface area (Å²) in [5, 5.41) is 9.30. The smallest absolute Gasteiger partial charge is 0.158 e. The molecule has 7 heteroatoms. The lowest BCUT2D eigenvalue weighted by atomic mass is 9.68. The van der Waals surface area contributed by atoms with E-state index < -0.39 is 0 Å². The number of hydrogen-bond acceptors (Lipinski definition) is 5. The lowest BCUT2D eigenvalue weighted by Crippen LogP contribution is -2.35. The van der Waals surface area contributed by atoms with Crippen LogP contribution in [0.1, 0.15) is 91.3 Å².